The summed E-state index contributed by atoms with van der Waals surface area (Å²) in [6.45, 7) is 5.97. The van der Waals surface area contributed by atoms with Crippen molar-refractivity contribution >= 4 is 11.6 Å². The third-order valence-corrected chi connectivity index (χ3v) is 2.67. The van der Waals surface area contributed by atoms with E-state index in [0.717, 1.165) is 19.6 Å². The maximum absolute atomic E-state index is 13.4. The molecule has 0 atom stereocenters. The van der Waals surface area contributed by atoms with Gasteiger partial charge in [-0.2, -0.15) is 0 Å². The predicted molar refractivity (Wildman–Crippen MR) is 68.8 cm³/mol. The van der Waals surface area contributed by atoms with Gasteiger partial charge >= 0.3 is 0 Å². The Balaban J connectivity index is 2.22. The van der Waals surface area contributed by atoms with E-state index in [0.29, 0.717) is 17.1 Å². The van der Waals surface area contributed by atoms with Gasteiger partial charge in [-0.3, -0.25) is 0 Å². The fourth-order valence-electron chi connectivity index (χ4n) is 1.43. The lowest BCUT2D eigenvalue weighted by atomic mass is 10.2. The summed E-state index contributed by atoms with van der Waals surface area (Å²) in [6, 6.07) is 4.73. The lowest BCUT2D eigenvalue weighted by Gasteiger charge is -2.09. The molecule has 4 heteroatoms. The molecule has 1 N–H and O–H groups in total. The molecule has 0 bridgehead atoms. The number of ether oxygens (including phenoxy) is 1. The molecule has 2 nitrogen and oxygen atoms in total. The minimum atomic E-state index is -0.261. The van der Waals surface area contributed by atoms with Crippen LogP contribution in [0.25, 0.3) is 0 Å². The van der Waals surface area contributed by atoms with Crippen LogP contribution in [0.2, 0.25) is 5.02 Å². The van der Waals surface area contributed by atoms with Gasteiger partial charge < -0.3 is 10.1 Å². The normalized spacial score (nSPS) is 11.1. The van der Waals surface area contributed by atoms with Gasteiger partial charge in [0.1, 0.15) is 5.82 Å². The van der Waals surface area contributed by atoms with E-state index >= 15 is 0 Å². The molecule has 0 aliphatic heterocycles. The van der Waals surface area contributed by atoms with E-state index in [1.807, 2.05) is 13.8 Å². The summed E-state index contributed by atoms with van der Waals surface area (Å²) in [5, 5.41) is 3.62. The van der Waals surface area contributed by atoms with Gasteiger partial charge in [-0.1, -0.05) is 17.7 Å². The molecule has 0 amide bonds. The SMILES string of the molecule is CC(C)OCCCNCc1c(F)cccc1Cl. The van der Waals surface area contributed by atoms with Crippen molar-refractivity contribution in [3.8, 4) is 0 Å². The number of rotatable bonds is 7. The van der Waals surface area contributed by atoms with Gasteiger partial charge in [0.2, 0.25) is 0 Å². The quantitative estimate of drug-likeness (QED) is 0.758. The van der Waals surface area contributed by atoms with Gasteiger partial charge in [-0.25, -0.2) is 4.39 Å². The second kappa shape index (κ2) is 7.64. The van der Waals surface area contributed by atoms with Gasteiger partial charge in [-0.05, 0) is 38.9 Å². The highest BCUT2D eigenvalue weighted by molar-refractivity contribution is 6.31. The Morgan fingerprint density at radius 2 is 2.18 bits per heavy atom. The molecule has 0 aliphatic rings. The zero-order valence-electron chi connectivity index (χ0n) is 10.3. The van der Waals surface area contributed by atoms with Crippen LogP contribution in [0.15, 0.2) is 18.2 Å². The Morgan fingerprint density at radius 1 is 1.41 bits per heavy atom. The molecule has 1 rings (SSSR count). The van der Waals surface area contributed by atoms with E-state index in [-0.39, 0.29) is 11.9 Å². The van der Waals surface area contributed by atoms with Crippen LogP contribution in [0, 0.1) is 5.82 Å². The Bertz CT molecular complexity index is 324. The monoisotopic (exact) mass is 259 g/mol. The van der Waals surface area contributed by atoms with Crippen molar-refractivity contribution in [2.75, 3.05) is 13.2 Å². The van der Waals surface area contributed by atoms with Crippen molar-refractivity contribution in [1.82, 2.24) is 5.32 Å². The summed E-state index contributed by atoms with van der Waals surface area (Å²) in [5.74, 6) is -0.261. The first-order valence-corrected chi connectivity index (χ1v) is 6.24. The van der Waals surface area contributed by atoms with E-state index < -0.39 is 0 Å². The molecule has 96 valence electrons. The van der Waals surface area contributed by atoms with E-state index in [2.05, 4.69) is 5.32 Å². The zero-order chi connectivity index (χ0) is 12.7. The van der Waals surface area contributed by atoms with Crippen LogP contribution in [-0.2, 0) is 11.3 Å². The topological polar surface area (TPSA) is 21.3 Å². The molecule has 0 saturated heterocycles. The summed E-state index contributed by atoms with van der Waals surface area (Å²) in [4.78, 5) is 0. The van der Waals surface area contributed by atoms with Gasteiger partial charge in [0.15, 0.2) is 0 Å². The molecule has 1 aromatic carbocycles. The molecular weight excluding hydrogens is 241 g/mol. The highest BCUT2D eigenvalue weighted by Crippen LogP contribution is 2.18. The van der Waals surface area contributed by atoms with Crippen molar-refractivity contribution < 1.29 is 9.13 Å². The van der Waals surface area contributed by atoms with Crippen molar-refractivity contribution in [2.24, 2.45) is 0 Å². The van der Waals surface area contributed by atoms with Crippen molar-refractivity contribution in [3.05, 3.63) is 34.6 Å². The Kier molecular flexibility index (Phi) is 6.48. The minimum absolute atomic E-state index is 0.260. The van der Waals surface area contributed by atoms with E-state index in [9.17, 15) is 4.39 Å². The minimum Gasteiger partial charge on any atom is -0.379 e. The largest absolute Gasteiger partial charge is 0.379 e. The second-order valence-corrected chi connectivity index (χ2v) is 4.56. The molecule has 0 aliphatic carbocycles. The predicted octanol–water partition coefficient (Wildman–Crippen LogP) is 3.38. The standard InChI is InChI=1S/C13H19ClFNO/c1-10(2)17-8-4-7-16-9-11-12(14)5-3-6-13(11)15/h3,5-6,10,16H,4,7-9H2,1-2H3. The lowest BCUT2D eigenvalue weighted by molar-refractivity contribution is 0.0770. The van der Waals surface area contributed by atoms with Crippen LogP contribution in [0.1, 0.15) is 25.8 Å². The highest BCUT2D eigenvalue weighted by Gasteiger charge is 2.05. The molecule has 0 spiro atoms. The third-order valence-electron chi connectivity index (χ3n) is 2.31. The fourth-order valence-corrected chi connectivity index (χ4v) is 1.66. The molecule has 0 aromatic heterocycles. The molecule has 0 radical (unpaired) electrons. The molecule has 0 heterocycles. The first kappa shape index (κ1) is 14.4. The number of hydrogen-bond acceptors (Lipinski definition) is 2. The molecule has 0 fully saturated rings. The van der Waals surface area contributed by atoms with E-state index in [1.54, 1.807) is 12.1 Å². The van der Waals surface area contributed by atoms with Gasteiger partial charge in [0.25, 0.3) is 0 Å². The zero-order valence-corrected chi connectivity index (χ0v) is 11.1. The Hall–Kier alpha value is -0.640. The molecular formula is C13H19ClFNO. The van der Waals surface area contributed by atoms with Crippen LogP contribution < -0.4 is 5.32 Å². The lowest BCUT2D eigenvalue weighted by Crippen LogP contribution is -2.18. The summed E-state index contributed by atoms with van der Waals surface area (Å²) < 4.78 is 18.8. The van der Waals surface area contributed by atoms with E-state index in [1.165, 1.54) is 6.07 Å². The van der Waals surface area contributed by atoms with E-state index in [4.69, 9.17) is 16.3 Å². The fraction of sp³-hybridized carbons (Fsp3) is 0.538. The van der Waals surface area contributed by atoms with Crippen molar-refractivity contribution in [2.45, 2.75) is 32.9 Å². The Labute approximate surface area is 107 Å². The number of hydrogen-bond donors (Lipinski definition) is 1. The maximum Gasteiger partial charge on any atom is 0.129 e. The van der Waals surface area contributed by atoms with Crippen LogP contribution >= 0.6 is 11.6 Å². The average Bonchev–Trinajstić information content (AvgIpc) is 2.26. The number of halogens is 2. The summed E-state index contributed by atoms with van der Waals surface area (Å²) in [7, 11) is 0. The first-order valence-electron chi connectivity index (χ1n) is 5.86. The Morgan fingerprint density at radius 3 is 2.82 bits per heavy atom. The van der Waals surface area contributed by atoms with Crippen LogP contribution in [0.4, 0.5) is 4.39 Å². The van der Waals surface area contributed by atoms with Crippen LogP contribution in [0.5, 0.6) is 0 Å². The van der Waals surface area contributed by atoms with Crippen molar-refractivity contribution in [1.29, 1.82) is 0 Å². The van der Waals surface area contributed by atoms with Crippen LogP contribution in [-0.4, -0.2) is 19.3 Å². The summed E-state index contributed by atoms with van der Waals surface area (Å²) >= 11 is 5.91. The molecule has 17 heavy (non-hydrogen) atoms. The molecule has 0 unspecified atom stereocenters. The maximum atomic E-state index is 13.4. The van der Waals surface area contributed by atoms with Gasteiger partial charge in [-0.15, -0.1) is 0 Å². The molecule has 0 saturated carbocycles. The highest BCUT2D eigenvalue weighted by atomic mass is 35.5. The smallest absolute Gasteiger partial charge is 0.129 e. The number of benzene rings is 1. The summed E-state index contributed by atoms with van der Waals surface area (Å²) in [6.07, 6.45) is 1.17. The van der Waals surface area contributed by atoms with Gasteiger partial charge in [0, 0.05) is 23.7 Å². The van der Waals surface area contributed by atoms with Crippen LogP contribution in [0.3, 0.4) is 0 Å². The summed E-state index contributed by atoms with van der Waals surface area (Å²) in [5.41, 5.74) is 0.527. The second-order valence-electron chi connectivity index (χ2n) is 4.15. The number of nitrogens with one attached hydrogen (secondary N) is 1. The average molecular weight is 260 g/mol. The molecule has 1 aromatic rings. The third kappa shape index (κ3) is 5.48. The van der Waals surface area contributed by atoms with Gasteiger partial charge in [0.05, 0.1) is 6.10 Å². The van der Waals surface area contributed by atoms with Crippen molar-refractivity contribution in [3.63, 3.8) is 0 Å². The first-order chi connectivity index (χ1) is 8.11.